The summed E-state index contributed by atoms with van der Waals surface area (Å²) >= 11 is 0. The van der Waals surface area contributed by atoms with Gasteiger partial charge in [-0.2, -0.15) is 0 Å². The van der Waals surface area contributed by atoms with Crippen molar-refractivity contribution >= 4 is 0 Å². The average molecular weight is 280 g/mol. The molecular formula is C18H36N2. The molecule has 1 aliphatic carbocycles. The fraction of sp³-hybridized carbons (Fsp3) is 1.00. The van der Waals surface area contributed by atoms with Gasteiger partial charge in [0.15, 0.2) is 0 Å². The van der Waals surface area contributed by atoms with E-state index in [-0.39, 0.29) is 0 Å². The molecule has 1 saturated heterocycles. The van der Waals surface area contributed by atoms with Gasteiger partial charge in [-0.15, -0.1) is 0 Å². The normalized spacial score (nSPS) is 36.5. The minimum Gasteiger partial charge on any atom is -0.320 e. The maximum Gasteiger partial charge on any atom is 0.0131 e. The third kappa shape index (κ3) is 3.98. The molecule has 1 heterocycles. The summed E-state index contributed by atoms with van der Waals surface area (Å²) in [5.74, 6) is 2.71. The number of nitrogens with one attached hydrogen (secondary N) is 1. The molecule has 0 radical (unpaired) electrons. The molecule has 1 aliphatic heterocycles. The minimum atomic E-state index is 0.841. The molecule has 0 amide bonds. The topological polar surface area (TPSA) is 15.3 Å². The van der Waals surface area contributed by atoms with Crippen molar-refractivity contribution in [3.8, 4) is 0 Å². The van der Waals surface area contributed by atoms with E-state index in [4.69, 9.17) is 0 Å². The van der Waals surface area contributed by atoms with Crippen molar-refractivity contribution in [1.82, 2.24) is 10.2 Å². The lowest BCUT2D eigenvalue weighted by atomic mass is 9.72. The van der Waals surface area contributed by atoms with Crippen LogP contribution in [0.1, 0.15) is 65.7 Å². The van der Waals surface area contributed by atoms with Gasteiger partial charge >= 0.3 is 0 Å². The molecule has 1 N–H and O–H groups in total. The largest absolute Gasteiger partial charge is 0.320 e. The smallest absolute Gasteiger partial charge is 0.0131 e. The number of likely N-dealkylation sites (tertiary alicyclic amines) is 1. The van der Waals surface area contributed by atoms with Gasteiger partial charge in [0, 0.05) is 12.1 Å². The van der Waals surface area contributed by atoms with Gasteiger partial charge < -0.3 is 5.32 Å². The third-order valence-electron chi connectivity index (χ3n) is 5.81. The van der Waals surface area contributed by atoms with Crippen LogP contribution in [0, 0.1) is 17.8 Å². The number of hydrogen-bond donors (Lipinski definition) is 1. The van der Waals surface area contributed by atoms with E-state index in [1.54, 1.807) is 0 Å². The Labute approximate surface area is 126 Å². The number of nitrogens with zero attached hydrogens (tertiary/aromatic N) is 1. The molecule has 0 aromatic carbocycles. The Morgan fingerprint density at radius 3 is 2.65 bits per heavy atom. The maximum atomic E-state index is 3.35. The van der Waals surface area contributed by atoms with Gasteiger partial charge in [0.25, 0.3) is 0 Å². The van der Waals surface area contributed by atoms with Gasteiger partial charge in [-0.25, -0.2) is 0 Å². The Kier molecular flexibility index (Phi) is 6.35. The van der Waals surface area contributed by atoms with Gasteiger partial charge in [-0.05, 0) is 70.0 Å². The predicted molar refractivity (Wildman–Crippen MR) is 88.0 cm³/mol. The van der Waals surface area contributed by atoms with E-state index in [1.807, 2.05) is 0 Å². The van der Waals surface area contributed by atoms with Crippen molar-refractivity contribution in [1.29, 1.82) is 0 Å². The van der Waals surface area contributed by atoms with E-state index >= 15 is 0 Å². The van der Waals surface area contributed by atoms with Crippen LogP contribution in [0.3, 0.4) is 0 Å². The van der Waals surface area contributed by atoms with Crippen LogP contribution in [0.25, 0.3) is 0 Å². The highest BCUT2D eigenvalue weighted by Crippen LogP contribution is 2.39. The van der Waals surface area contributed by atoms with Crippen molar-refractivity contribution < 1.29 is 0 Å². The van der Waals surface area contributed by atoms with Crippen molar-refractivity contribution in [3.05, 3.63) is 0 Å². The van der Waals surface area contributed by atoms with E-state index in [0.717, 1.165) is 29.8 Å². The van der Waals surface area contributed by atoms with Crippen LogP contribution < -0.4 is 5.32 Å². The fourth-order valence-corrected chi connectivity index (χ4v) is 4.61. The molecule has 2 fully saturated rings. The first kappa shape index (κ1) is 16.3. The van der Waals surface area contributed by atoms with E-state index in [9.17, 15) is 0 Å². The lowest BCUT2D eigenvalue weighted by Gasteiger charge is -2.49. The molecular weight excluding hydrogens is 244 g/mol. The summed E-state index contributed by atoms with van der Waals surface area (Å²) in [4.78, 5) is 2.93. The van der Waals surface area contributed by atoms with Crippen LogP contribution in [0.2, 0.25) is 0 Å². The highest BCUT2D eigenvalue weighted by atomic mass is 15.2. The zero-order valence-corrected chi connectivity index (χ0v) is 14.2. The maximum absolute atomic E-state index is 3.35. The number of piperidine rings is 1. The van der Waals surface area contributed by atoms with Crippen LogP contribution in [0.4, 0.5) is 0 Å². The van der Waals surface area contributed by atoms with Crippen LogP contribution in [-0.4, -0.2) is 37.1 Å². The molecule has 2 heteroatoms. The molecule has 4 unspecified atom stereocenters. The summed E-state index contributed by atoms with van der Waals surface area (Å²) in [5, 5.41) is 3.35. The second kappa shape index (κ2) is 7.79. The molecule has 2 rings (SSSR count). The first-order valence-electron chi connectivity index (χ1n) is 9.03. The molecule has 2 nitrogen and oxygen atoms in total. The Bertz CT molecular complexity index is 277. The molecule has 0 spiro atoms. The minimum absolute atomic E-state index is 0.841. The highest BCUT2D eigenvalue weighted by Gasteiger charge is 2.37. The third-order valence-corrected chi connectivity index (χ3v) is 5.81. The fourth-order valence-electron chi connectivity index (χ4n) is 4.61. The SMILES string of the molecule is CNCCC1CCCCN1C1CC(C)CCC1C(C)C. The highest BCUT2D eigenvalue weighted by molar-refractivity contribution is 4.91. The van der Waals surface area contributed by atoms with Crippen LogP contribution in [-0.2, 0) is 0 Å². The molecule has 118 valence electrons. The van der Waals surface area contributed by atoms with Gasteiger partial charge in [-0.3, -0.25) is 4.90 Å². The van der Waals surface area contributed by atoms with Crippen LogP contribution >= 0.6 is 0 Å². The Morgan fingerprint density at radius 2 is 1.95 bits per heavy atom. The zero-order valence-electron chi connectivity index (χ0n) is 14.2. The van der Waals surface area contributed by atoms with Crippen molar-refractivity contribution in [2.24, 2.45) is 17.8 Å². The lowest BCUT2D eigenvalue weighted by molar-refractivity contribution is 0.00780. The van der Waals surface area contributed by atoms with E-state index in [1.165, 1.54) is 58.0 Å². The Balaban J connectivity index is 2.06. The predicted octanol–water partition coefficient (Wildman–Crippen LogP) is 3.91. The van der Waals surface area contributed by atoms with E-state index < -0.39 is 0 Å². The van der Waals surface area contributed by atoms with E-state index in [0.29, 0.717) is 0 Å². The molecule has 4 atom stereocenters. The van der Waals surface area contributed by atoms with Gasteiger partial charge in [0.2, 0.25) is 0 Å². The molecule has 0 aromatic heterocycles. The first-order valence-corrected chi connectivity index (χ1v) is 9.03. The van der Waals surface area contributed by atoms with Crippen LogP contribution in [0.5, 0.6) is 0 Å². The van der Waals surface area contributed by atoms with Crippen LogP contribution in [0.15, 0.2) is 0 Å². The standard InChI is InChI=1S/C18H36N2/c1-14(2)17-9-8-15(3)13-18(17)20-12-6-5-7-16(20)10-11-19-4/h14-19H,5-13H2,1-4H3. The molecule has 1 saturated carbocycles. The second-order valence-corrected chi connectivity index (χ2v) is 7.67. The summed E-state index contributed by atoms with van der Waals surface area (Å²) < 4.78 is 0. The zero-order chi connectivity index (χ0) is 14.5. The molecule has 0 aromatic rings. The van der Waals surface area contributed by atoms with Gasteiger partial charge in [-0.1, -0.05) is 33.6 Å². The van der Waals surface area contributed by atoms with Crippen molar-refractivity contribution in [2.45, 2.75) is 77.8 Å². The van der Waals surface area contributed by atoms with Gasteiger partial charge in [0.05, 0.1) is 0 Å². The van der Waals surface area contributed by atoms with Crippen molar-refractivity contribution in [2.75, 3.05) is 20.1 Å². The number of hydrogen-bond acceptors (Lipinski definition) is 2. The summed E-state index contributed by atoms with van der Waals surface area (Å²) in [6.07, 6.45) is 9.99. The summed E-state index contributed by atoms with van der Waals surface area (Å²) in [7, 11) is 2.09. The molecule has 0 bridgehead atoms. The van der Waals surface area contributed by atoms with Gasteiger partial charge in [0.1, 0.15) is 0 Å². The van der Waals surface area contributed by atoms with E-state index in [2.05, 4.69) is 38.0 Å². The summed E-state index contributed by atoms with van der Waals surface area (Å²) in [6.45, 7) is 9.89. The average Bonchev–Trinajstić information content (AvgIpc) is 2.45. The molecule has 20 heavy (non-hydrogen) atoms. The molecule has 2 aliphatic rings. The Morgan fingerprint density at radius 1 is 1.15 bits per heavy atom. The van der Waals surface area contributed by atoms with Crippen molar-refractivity contribution in [3.63, 3.8) is 0 Å². The Hall–Kier alpha value is -0.0800. The monoisotopic (exact) mass is 280 g/mol. The quantitative estimate of drug-likeness (QED) is 0.821. The second-order valence-electron chi connectivity index (χ2n) is 7.67. The lowest BCUT2D eigenvalue weighted by Crippen LogP contribution is -2.53. The number of rotatable bonds is 5. The summed E-state index contributed by atoms with van der Waals surface area (Å²) in [6, 6.07) is 1.70. The summed E-state index contributed by atoms with van der Waals surface area (Å²) in [5.41, 5.74) is 0. The first-order chi connectivity index (χ1) is 9.63.